The number of halogens is 1. The first-order chi connectivity index (χ1) is 8.25. The fraction of sp³-hybridized carbons (Fsp3) is 0.571. The zero-order chi connectivity index (χ0) is 11.8. The van der Waals surface area contributed by atoms with Gasteiger partial charge in [-0.25, -0.2) is 0 Å². The maximum Gasteiger partial charge on any atom is 0.0603 e. The largest absolute Gasteiger partial charge is 0.397 e. The van der Waals surface area contributed by atoms with Gasteiger partial charge in [0.25, 0.3) is 0 Å². The van der Waals surface area contributed by atoms with Crippen LogP contribution in [0.2, 0.25) is 5.02 Å². The number of nitrogens with two attached hydrogens (primary N) is 1. The molecule has 2 unspecified atom stereocenters. The van der Waals surface area contributed by atoms with Crippen molar-refractivity contribution in [3.63, 3.8) is 0 Å². The first-order valence-corrected chi connectivity index (χ1v) is 6.95. The molecule has 1 heterocycles. The summed E-state index contributed by atoms with van der Waals surface area (Å²) in [5.41, 5.74) is 8.12. The molecule has 0 spiro atoms. The molecule has 1 aromatic carbocycles. The topological polar surface area (TPSA) is 29.3 Å². The van der Waals surface area contributed by atoms with E-state index in [1.807, 2.05) is 12.1 Å². The van der Waals surface area contributed by atoms with Gasteiger partial charge in [0.2, 0.25) is 0 Å². The number of nitrogen functional groups attached to an aromatic ring is 1. The molecule has 2 N–H and O–H groups in total. The standard InChI is InChI=1S/C14H19ClN2/c15-11-6-7-14(12(16)9-11)17-8-2-4-10-3-1-5-13(10)17/h6-7,9-10,13H,1-5,8,16H2. The van der Waals surface area contributed by atoms with Gasteiger partial charge in [0.15, 0.2) is 0 Å². The van der Waals surface area contributed by atoms with Gasteiger partial charge in [0, 0.05) is 17.6 Å². The Kier molecular flexibility index (Phi) is 2.91. The molecule has 0 amide bonds. The summed E-state index contributed by atoms with van der Waals surface area (Å²) in [5, 5.41) is 0.728. The lowest BCUT2D eigenvalue weighted by Crippen LogP contribution is -2.42. The fourth-order valence-corrected chi connectivity index (χ4v) is 3.72. The summed E-state index contributed by atoms with van der Waals surface area (Å²) < 4.78 is 0. The zero-order valence-electron chi connectivity index (χ0n) is 10.0. The van der Waals surface area contributed by atoms with Crippen molar-refractivity contribution >= 4 is 23.0 Å². The Labute approximate surface area is 108 Å². The summed E-state index contributed by atoms with van der Waals surface area (Å²) in [5.74, 6) is 0.888. The molecule has 1 aliphatic carbocycles. The molecule has 1 aromatic rings. The molecule has 0 radical (unpaired) electrons. The summed E-state index contributed by atoms with van der Waals surface area (Å²) in [6, 6.07) is 6.62. The second kappa shape index (κ2) is 4.41. The van der Waals surface area contributed by atoms with E-state index in [1.54, 1.807) is 0 Å². The van der Waals surface area contributed by atoms with E-state index in [0.29, 0.717) is 6.04 Å². The molecule has 1 saturated heterocycles. The van der Waals surface area contributed by atoms with Crippen LogP contribution in [0.1, 0.15) is 32.1 Å². The lowest BCUT2D eigenvalue weighted by Gasteiger charge is -2.40. The van der Waals surface area contributed by atoms with Gasteiger partial charge in [-0.2, -0.15) is 0 Å². The molecule has 2 nitrogen and oxygen atoms in total. The highest BCUT2D eigenvalue weighted by atomic mass is 35.5. The molecule has 17 heavy (non-hydrogen) atoms. The molecule has 2 aliphatic rings. The summed E-state index contributed by atoms with van der Waals surface area (Å²) >= 11 is 5.97. The Morgan fingerprint density at radius 1 is 1.18 bits per heavy atom. The van der Waals surface area contributed by atoms with E-state index in [2.05, 4.69) is 11.0 Å². The molecule has 3 heteroatoms. The summed E-state index contributed by atoms with van der Waals surface area (Å²) in [4.78, 5) is 2.52. The van der Waals surface area contributed by atoms with Crippen LogP contribution in [0, 0.1) is 5.92 Å². The lowest BCUT2D eigenvalue weighted by molar-refractivity contribution is 0.363. The third-order valence-electron chi connectivity index (χ3n) is 4.29. The summed E-state index contributed by atoms with van der Waals surface area (Å²) in [6.07, 6.45) is 6.79. The third kappa shape index (κ3) is 1.99. The third-order valence-corrected chi connectivity index (χ3v) is 4.53. The maximum absolute atomic E-state index is 6.11. The smallest absolute Gasteiger partial charge is 0.0603 e. The minimum absolute atomic E-state index is 0.715. The van der Waals surface area contributed by atoms with Crippen LogP contribution >= 0.6 is 11.6 Å². The van der Waals surface area contributed by atoms with Gasteiger partial charge in [-0.3, -0.25) is 0 Å². The predicted molar refractivity (Wildman–Crippen MR) is 73.6 cm³/mol. The van der Waals surface area contributed by atoms with Crippen LogP contribution in [0.3, 0.4) is 0 Å². The van der Waals surface area contributed by atoms with Crippen LogP contribution < -0.4 is 10.6 Å². The highest BCUT2D eigenvalue weighted by Crippen LogP contribution is 2.41. The second-order valence-corrected chi connectivity index (χ2v) is 5.73. The molecule has 1 aliphatic heterocycles. The minimum atomic E-state index is 0.715. The number of hydrogen-bond acceptors (Lipinski definition) is 2. The van der Waals surface area contributed by atoms with E-state index in [0.717, 1.165) is 23.2 Å². The predicted octanol–water partition coefficient (Wildman–Crippen LogP) is 3.69. The Morgan fingerprint density at radius 2 is 2.00 bits per heavy atom. The van der Waals surface area contributed by atoms with Gasteiger partial charge in [0.05, 0.1) is 11.4 Å². The number of fused-ring (bicyclic) bond motifs is 1. The Hall–Kier alpha value is -0.890. The van der Waals surface area contributed by atoms with Crippen molar-refractivity contribution in [3.8, 4) is 0 Å². The van der Waals surface area contributed by atoms with Crippen molar-refractivity contribution in [3.05, 3.63) is 23.2 Å². The van der Waals surface area contributed by atoms with E-state index < -0.39 is 0 Å². The maximum atomic E-state index is 6.11. The Bertz CT molecular complexity index is 419. The molecular formula is C14H19ClN2. The van der Waals surface area contributed by atoms with Crippen molar-refractivity contribution in [1.29, 1.82) is 0 Å². The molecule has 2 atom stereocenters. The van der Waals surface area contributed by atoms with E-state index in [-0.39, 0.29) is 0 Å². The van der Waals surface area contributed by atoms with E-state index >= 15 is 0 Å². The number of benzene rings is 1. The van der Waals surface area contributed by atoms with Gasteiger partial charge in [-0.1, -0.05) is 18.0 Å². The quantitative estimate of drug-likeness (QED) is 0.771. The molecule has 0 bridgehead atoms. The van der Waals surface area contributed by atoms with Gasteiger partial charge in [0.1, 0.15) is 0 Å². The van der Waals surface area contributed by atoms with E-state index in [1.165, 1.54) is 37.8 Å². The van der Waals surface area contributed by atoms with Crippen LogP contribution in [0.5, 0.6) is 0 Å². The Balaban J connectivity index is 1.91. The summed E-state index contributed by atoms with van der Waals surface area (Å²) in [6.45, 7) is 1.15. The van der Waals surface area contributed by atoms with Crippen molar-refractivity contribution in [1.82, 2.24) is 0 Å². The highest BCUT2D eigenvalue weighted by molar-refractivity contribution is 6.31. The monoisotopic (exact) mass is 250 g/mol. The van der Waals surface area contributed by atoms with Crippen molar-refractivity contribution in [2.45, 2.75) is 38.1 Å². The second-order valence-electron chi connectivity index (χ2n) is 5.30. The molecule has 92 valence electrons. The first-order valence-electron chi connectivity index (χ1n) is 6.57. The lowest BCUT2D eigenvalue weighted by atomic mass is 9.91. The van der Waals surface area contributed by atoms with Crippen molar-refractivity contribution in [2.75, 3.05) is 17.2 Å². The number of hydrogen-bond donors (Lipinski definition) is 1. The molecule has 3 rings (SSSR count). The van der Waals surface area contributed by atoms with Crippen molar-refractivity contribution < 1.29 is 0 Å². The number of nitrogens with zero attached hydrogens (tertiary/aromatic N) is 1. The van der Waals surface area contributed by atoms with E-state index in [4.69, 9.17) is 17.3 Å². The molecular weight excluding hydrogens is 232 g/mol. The van der Waals surface area contributed by atoms with Crippen LogP contribution in [0.4, 0.5) is 11.4 Å². The van der Waals surface area contributed by atoms with Crippen LogP contribution in [-0.4, -0.2) is 12.6 Å². The molecule has 0 aromatic heterocycles. The van der Waals surface area contributed by atoms with E-state index in [9.17, 15) is 0 Å². The van der Waals surface area contributed by atoms with Gasteiger partial charge in [-0.15, -0.1) is 0 Å². The minimum Gasteiger partial charge on any atom is -0.397 e. The van der Waals surface area contributed by atoms with Crippen LogP contribution in [0.25, 0.3) is 0 Å². The fourth-order valence-electron chi connectivity index (χ4n) is 3.54. The number of piperidine rings is 1. The Morgan fingerprint density at radius 3 is 2.82 bits per heavy atom. The normalized spacial score (nSPS) is 28.2. The average Bonchev–Trinajstić information content (AvgIpc) is 2.77. The first kappa shape index (κ1) is 11.2. The highest BCUT2D eigenvalue weighted by Gasteiger charge is 2.35. The SMILES string of the molecule is Nc1cc(Cl)ccc1N1CCCC2CCCC21. The van der Waals surface area contributed by atoms with Gasteiger partial charge >= 0.3 is 0 Å². The summed E-state index contributed by atoms with van der Waals surface area (Å²) in [7, 11) is 0. The number of anilines is 2. The number of rotatable bonds is 1. The zero-order valence-corrected chi connectivity index (χ0v) is 10.8. The van der Waals surface area contributed by atoms with Gasteiger partial charge in [-0.05, 0) is 49.8 Å². The van der Waals surface area contributed by atoms with Crippen molar-refractivity contribution in [2.24, 2.45) is 5.92 Å². The molecule has 2 fully saturated rings. The molecule has 1 saturated carbocycles. The average molecular weight is 251 g/mol. The van der Waals surface area contributed by atoms with Gasteiger partial charge < -0.3 is 10.6 Å². The van der Waals surface area contributed by atoms with Crippen LogP contribution in [-0.2, 0) is 0 Å². The van der Waals surface area contributed by atoms with Crippen LogP contribution in [0.15, 0.2) is 18.2 Å².